The van der Waals surface area contributed by atoms with E-state index in [4.69, 9.17) is 0 Å². The van der Waals surface area contributed by atoms with Crippen LogP contribution in [0.1, 0.15) is 19.4 Å². The van der Waals surface area contributed by atoms with Gasteiger partial charge in [-0.2, -0.15) is 0 Å². The van der Waals surface area contributed by atoms with Crippen LogP contribution in [0, 0.1) is 6.92 Å². The molecule has 90 valence electrons. The molecular formula is C10H17N3O2S. The number of pyridine rings is 1. The smallest absolute Gasteiger partial charge is 0.242 e. The Hall–Kier alpha value is -1.14. The van der Waals surface area contributed by atoms with Crippen LogP contribution in [0.15, 0.2) is 17.2 Å². The van der Waals surface area contributed by atoms with Crippen molar-refractivity contribution in [1.29, 1.82) is 0 Å². The molecule has 0 radical (unpaired) electrons. The van der Waals surface area contributed by atoms with Crippen LogP contribution in [0.2, 0.25) is 0 Å². The molecule has 0 spiro atoms. The fourth-order valence-electron chi connectivity index (χ4n) is 1.34. The van der Waals surface area contributed by atoms with Crippen molar-refractivity contribution in [2.75, 3.05) is 12.4 Å². The molecule has 0 unspecified atom stereocenters. The number of aromatic nitrogens is 1. The zero-order chi connectivity index (χ0) is 12.3. The summed E-state index contributed by atoms with van der Waals surface area (Å²) < 4.78 is 26.2. The highest BCUT2D eigenvalue weighted by molar-refractivity contribution is 7.89. The van der Waals surface area contributed by atoms with E-state index in [-0.39, 0.29) is 10.9 Å². The number of anilines is 1. The number of aryl methyl sites for hydroxylation is 1. The van der Waals surface area contributed by atoms with Crippen LogP contribution in [-0.2, 0) is 10.0 Å². The van der Waals surface area contributed by atoms with Gasteiger partial charge in [-0.25, -0.2) is 18.1 Å². The quantitative estimate of drug-likeness (QED) is 0.831. The lowest BCUT2D eigenvalue weighted by atomic mass is 10.3. The largest absolute Gasteiger partial charge is 0.373 e. The van der Waals surface area contributed by atoms with Gasteiger partial charge in [-0.1, -0.05) is 0 Å². The molecule has 0 amide bonds. The first-order chi connectivity index (χ1) is 7.36. The molecule has 2 N–H and O–H groups in total. The predicted octanol–water partition coefficient (Wildman–Crippen LogP) is 1.12. The lowest BCUT2D eigenvalue weighted by Crippen LogP contribution is -2.30. The first-order valence-electron chi connectivity index (χ1n) is 5.03. The van der Waals surface area contributed by atoms with Crippen LogP contribution in [0.25, 0.3) is 0 Å². The van der Waals surface area contributed by atoms with E-state index in [1.807, 2.05) is 6.92 Å². The van der Waals surface area contributed by atoms with E-state index in [0.29, 0.717) is 5.82 Å². The van der Waals surface area contributed by atoms with Gasteiger partial charge in [0.05, 0.1) is 0 Å². The highest BCUT2D eigenvalue weighted by Gasteiger charge is 2.16. The van der Waals surface area contributed by atoms with Crippen LogP contribution in [-0.4, -0.2) is 26.5 Å². The molecule has 0 aliphatic rings. The molecule has 5 nitrogen and oxygen atoms in total. The summed E-state index contributed by atoms with van der Waals surface area (Å²) in [7, 11) is -1.70. The minimum atomic E-state index is -3.45. The molecule has 0 aliphatic carbocycles. The molecule has 0 aliphatic heterocycles. The van der Waals surface area contributed by atoms with E-state index in [1.54, 1.807) is 27.0 Å². The second-order valence-electron chi connectivity index (χ2n) is 3.86. The van der Waals surface area contributed by atoms with Crippen LogP contribution in [0.5, 0.6) is 0 Å². The second-order valence-corrected chi connectivity index (χ2v) is 5.58. The van der Waals surface area contributed by atoms with Gasteiger partial charge in [0.15, 0.2) is 0 Å². The minimum Gasteiger partial charge on any atom is -0.373 e. The van der Waals surface area contributed by atoms with Gasteiger partial charge in [0.2, 0.25) is 10.0 Å². The number of sulfonamides is 1. The molecule has 0 saturated carbocycles. The van der Waals surface area contributed by atoms with E-state index >= 15 is 0 Å². The molecule has 0 aromatic carbocycles. The Balaban J connectivity index is 3.10. The first kappa shape index (κ1) is 12.9. The van der Waals surface area contributed by atoms with Crippen molar-refractivity contribution >= 4 is 15.8 Å². The molecule has 0 bridgehead atoms. The Labute approximate surface area is 96.3 Å². The average molecular weight is 243 g/mol. The Morgan fingerprint density at radius 1 is 1.38 bits per heavy atom. The zero-order valence-corrected chi connectivity index (χ0v) is 10.7. The SMILES string of the molecule is CNc1ncc(S(=O)(=O)NC(C)C)cc1C. The maximum absolute atomic E-state index is 11.8. The standard InChI is InChI=1S/C10H17N3O2S/c1-7(2)13-16(14,15)9-5-8(3)10(11-4)12-6-9/h5-7,13H,1-4H3,(H,11,12). The van der Waals surface area contributed by atoms with Crippen molar-refractivity contribution in [3.05, 3.63) is 17.8 Å². The molecule has 0 atom stereocenters. The van der Waals surface area contributed by atoms with Gasteiger partial charge in [0.1, 0.15) is 10.7 Å². The molecule has 0 fully saturated rings. The summed E-state index contributed by atoms with van der Waals surface area (Å²) in [4.78, 5) is 4.23. The Morgan fingerprint density at radius 2 is 2.00 bits per heavy atom. The van der Waals surface area contributed by atoms with E-state index in [1.165, 1.54) is 6.20 Å². The van der Waals surface area contributed by atoms with Crippen molar-refractivity contribution in [1.82, 2.24) is 9.71 Å². The number of hydrogen-bond acceptors (Lipinski definition) is 4. The zero-order valence-electron chi connectivity index (χ0n) is 9.90. The van der Waals surface area contributed by atoms with Gasteiger partial charge >= 0.3 is 0 Å². The molecule has 16 heavy (non-hydrogen) atoms. The number of nitrogens with one attached hydrogen (secondary N) is 2. The second kappa shape index (κ2) is 4.80. The summed E-state index contributed by atoms with van der Waals surface area (Å²) in [5.41, 5.74) is 0.800. The summed E-state index contributed by atoms with van der Waals surface area (Å²) in [6.45, 7) is 5.37. The van der Waals surface area contributed by atoms with Crippen molar-refractivity contribution in [3.8, 4) is 0 Å². The van der Waals surface area contributed by atoms with Gasteiger partial charge in [-0.05, 0) is 32.4 Å². The minimum absolute atomic E-state index is 0.130. The fourth-order valence-corrected chi connectivity index (χ4v) is 2.62. The van der Waals surface area contributed by atoms with Crippen LogP contribution >= 0.6 is 0 Å². The molecular weight excluding hydrogens is 226 g/mol. The summed E-state index contributed by atoms with van der Waals surface area (Å²) in [6, 6.07) is 1.47. The molecule has 0 saturated heterocycles. The number of hydrogen-bond donors (Lipinski definition) is 2. The topological polar surface area (TPSA) is 71.1 Å². The lowest BCUT2D eigenvalue weighted by molar-refractivity contribution is 0.569. The van der Waals surface area contributed by atoms with E-state index in [0.717, 1.165) is 5.56 Å². The maximum atomic E-state index is 11.8. The van der Waals surface area contributed by atoms with Crippen molar-refractivity contribution < 1.29 is 8.42 Å². The normalized spacial score (nSPS) is 11.8. The summed E-state index contributed by atoms with van der Waals surface area (Å²) >= 11 is 0. The van der Waals surface area contributed by atoms with Crippen molar-refractivity contribution in [2.24, 2.45) is 0 Å². The Bertz CT molecular complexity index is 469. The van der Waals surface area contributed by atoms with Gasteiger partial charge in [-0.3, -0.25) is 0 Å². The van der Waals surface area contributed by atoms with Crippen LogP contribution in [0.4, 0.5) is 5.82 Å². The van der Waals surface area contributed by atoms with Crippen LogP contribution in [0.3, 0.4) is 0 Å². The van der Waals surface area contributed by atoms with E-state index in [9.17, 15) is 8.42 Å². The van der Waals surface area contributed by atoms with Crippen molar-refractivity contribution in [2.45, 2.75) is 31.7 Å². The summed E-state index contributed by atoms with van der Waals surface area (Å²) in [6.07, 6.45) is 1.35. The van der Waals surface area contributed by atoms with Crippen molar-refractivity contribution in [3.63, 3.8) is 0 Å². The monoisotopic (exact) mass is 243 g/mol. The average Bonchev–Trinajstić information content (AvgIpc) is 2.15. The third-order valence-electron chi connectivity index (χ3n) is 1.99. The molecule has 1 rings (SSSR count). The fraction of sp³-hybridized carbons (Fsp3) is 0.500. The molecule has 1 aromatic rings. The number of nitrogens with zero attached hydrogens (tertiary/aromatic N) is 1. The number of rotatable bonds is 4. The summed E-state index contributed by atoms with van der Waals surface area (Å²) in [5, 5.41) is 2.89. The van der Waals surface area contributed by atoms with Gasteiger partial charge < -0.3 is 5.32 Å². The predicted molar refractivity (Wildman–Crippen MR) is 64.0 cm³/mol. The van der Waals surface area contributed by atoms with E-state index < -0.39 is 10.0 Å². The third-order valence-corrected chi connectivity index (χ3v) is 3.62. The first-order valence-corrected chi connectivity index (χ1v) is 6.52. The molecule has 6 heteroatoms. The highest BCUT2D eigenvalue weighted by atomic mass is 32.2. The maximum Gasteiger partial charge on any atom is 0.242 e. The van der Waals surface area contributed by atoms with Gasteiger partial charge in [0.25, 0.3) is 0 Å². The Kier molecular flexibility index (Phi) is 3.88. The van der Waals surface area contributed by atoms with Gasteiger partial charge in [0, 0.05) is 19.3 Å². The Morgan fingerprint density at radius 3 is 2.44 bits per heavy atom. The highest BCUT2D eigenvalue weighted by Crippen LogP contribution is 2.15. The lowest BCUT2D eigenvalue weighted by Gasteiger charge is -2.11. The third kappa shape index (κ3) is 2.93. The van der Waals surface area contributed by atoms with Crippen LogP contribution < -0.4 is 10.0 Å². The van der Waals surface area contributed by atoms with E-state index in [2.05, 4.69) is 15.0 Å². The van der Waals surface area contributed by atoms with Gasteiger partial charge in [-0.15, -0.1) is 0 Å². The summed E-state index contributed by atoms with van der Waals surface area (Å²) in [5.74, 6) is 0.684. The molecule has 1 aromatic heterocycles. The molecule has 1 heterocycles.